The van der Waals surface area contributed by atoms with Gasteiger partial charge in [0.05, 0.1) is 16.5 Å². The van der Waals surface area contributed by atoms with Crippen molar-refractivity contribution in [3.8, 4) is 0 Å². The van der Waals surface area contributed by atoms with Crippen molar-refractivity contribution in [2.24, 2.45) is 0 Å². The maximum Gasteiger partial charge on any atom is 0.274 e. The highest BCUT2D eigenvalue weighted by atomic mass is 16.6. The minimum atomic E-state index is -0.323. The number of anilines is 1. The molecule has 1 N–H and O–H groups in total. The van der Waals surface area contributed by atoms with Gasteiger partial charge in [0.2, 0.25) is 0 Å². The molecule has 0 bridgehead atoms. The van der Waals surface area contributed by atoms with Crippen molar-refractivity contribution in [2.75, 3.05) is 5.32 Å². The van der Waals surface area contributed by atoms with Gasteiger partial charge in [0, 0.05) is 11.8 Å². The molecule has 0 saturated carbocycles. The minimum absolute atomic E-state index is 0.106. The lowest BCUT2D eigenvalue weighted by Gasteiger charge is -2.16. The van der Waals surface area contributed by atoms with Crippen LogP contribution < -0.4 is 5.32 Å². The summed E-state index contributed by atoms with van der Waals surface area (Å²) in [6.07, 6.45) is 3.51. The van der Waals surface area contributed by atoms with Crippen LogP contribution in [-0.4, -0.2) is 4.92 Å². The first-order chi connectivity index (χ1) is 10.1. The van der Waals surface area contributed by atoms with E-state index in [1.807, 2.05) is 19.1 Å². The van der Waals surface area contributed by atoms with Crippen molar-refractivity contribution in [1.29, 1.82) is 0 Å². The summed E-state index contributed by atoms with van der Waals surface area (Å²) in [5.41, 5.74) is 4.73. The molecule has 0 aromatic heterocycles. The average Bonchev–Trinajstić information content (AvgIpc) is 2.94. The van der Waals surface area contributed by atoms with E-state index >= 15 is 0 Å². The van der Waals surface area contributed by atoms with Gasteiger partial charge < -0.3 is 5.32 Å². The average molecular weight is 282 g/mol. The normalized spacial score (nSPS) is 14.5. The van der Waals surface area contributed by atoms with Crippen LogP contribution in [0.25, 0.3) is 0 Å². The molecule has 1 unspecified atom stereocenters. The lowest BCUT2D eigenvalue weighted by atomic mass is 10.0. The molecule has 108 valence electrons. The van der Waals surface area contributed by atoms with Gasteiger partial charge in [0.15, 0.2) is 0 Å². The van der Waals surface area contributed by atoms with Gasteiger partial charge in [-0.15, -0.1) is 0 Å². The van der Waals surface area contributed by atoms with Crippen LogP contribution in [-0.2, 0) is 12.8 Å². The first-order valence-electron chi connectivity index (χ1n) is 7.27. The molecule has 1 aliphatic carbocycles. The number of aryl methyl sites for hydroxylation is 2. The van der Waals surface area contributed by atoms with Crippen molar-refractivity contribution >= 4 is 11.4 Å². The lowest BCUT2D eigenvalue weighted by Crippen LogP contribution is -2.09. The van der Waals surface area contributed by atoms with Gasteiger partial charge in [0.1, 0.15) is 0 Å². The topological polar surface area (TPSA) is 55.2 Å². The number of nitro benzene ring substituents is 1. The highest BCUT2D eigenvalue weighted by Gasteiger charge is 2.18. The van der Waals surface area contributed by atoms with E-state index in [0.717, 1.165) is 18.5 Å². The highest BCUT2D eigenvalue weighted by Crippen LogP contribution is 2.30. The second-order valence-corrected chi connectivity index (χ2v) is 5.52. The van der Waals surface area contributed by atoms with Gasteiger partial charge in [-0.25, -0.2) is 0 Å². The third kappa shape index (κ3) is 2.75. The molecular weight excluding hydrogens is 264 g/mol. The Balaban J connectivity index is 1.83. The van der Waals surface area contributed by atoms with Crippen LogP contribution in [0.5, 0.6) is 0 Å². The number of nitro groups is 1. The molecule has 2 aromatic rings. The van der Waals surface area contributed by atoms with Crippen LogP contribution in [0.15, 0.2) is 42.5 Å². The summed E-state index contributed by atoms with van der Waals surface area (Å²) in [5.74, 6) is 0. The van der Waals surface area contributed by atoms with Crippen molar-refractivity contribution in [3.05, 3.63) is 69.3 Å². The van der Waals surface area contributed by atoms with E-state index < -0.39 is 0 Å². The molecule has 0 radical (unpaired) electrons. The third-order valence-electron chi connectivity index (χ3n) is 4.08. The Morgan fingerprint density at radius 1 is 1.14 bits per heavy atom. The van der Waals surface area contributed by atoms with Crippen LogP contribution in [0.3, 0.4) is 0 Å². The van der Waals surface area contributed by atoms with E-state index in [1.54, 1.807) is 12.1 Å². The van der Waals surface area contributed by atoms with Gasteiger partial charge in [-0.3, -0.25) is 10.1 Å². The largest absolute Gasteiger partial charge is 0.378 e. The number of nitrogens with zero attached hydrogens (tertiary/aromatic N) is 1. The van der Waals surface area contributed by atoms with Gasteiger partial charge in [0.25, 0.3) is 5.69 Å². The summed E-state index contributed by atoms with van der Waals surface area (Å²) < 4.78 is 0. The Labute approximate surface area is 124 Å². The summed E-state index contributed by atoms with van der Waals surface area (Å²) in [6, 6.07) is 13.2. The van der Waals surface area contributed by atoms with Gasteiger partial charge in [-0.05, 0) is 49.4 Å². The molecular formula is C17H18N2O2. The Kier molecular flexibility index (Phi) is 3.60. The summed E-state index contributed by atoms with van der Waals surface area (Å²) in [4.78, 5) is 10.8. The van der Waals surface area contributed by atoms with E-state index in [9.17, 15) is 10.1 Å². The zero-order valence-corrected chi connectivity index (χ0v) is 12.0. The van der Waals surface area contributed by atoms with Crippen molar-refractivity contribution in [3.63, 3.8) is 0 Å². The molecule has 0 aliphatic heterocycles. The zero-order chi connectivity index (χ0) is 14.8. The number of hydrogen-bond acceptors (Lipinski definition) is 3. The van der Waals surface area contributed by atoms with Gasteiger partial charge in [-0.2, -0.15) is 0 Å². The quantitative estimate of drug-likeness (QED) is 0.673. The molecule has 0 saturated heterocycles. The van der Waals surface area contributed by atoms with Gasteiger partial charge in [-0.1, -0.05) is 24.3 Å². The molecule has 4 nitrogen and oxygen atoms in total. The van der Waals surface area contributed by atoms with Crippen molar-refractivity contribution in [1.82, 2.24) is 0 Å². The summed E-state index contributed by atoms with van der Waals surface area (Å²) in [5, 5.41) is 14.5. The maximum atomic E-state index is 11.1. The molecule has 1 atom stereocenters. The summed E-state index contributed by atoms with van der Waals surface area (Å²) in [6.45, 7) is 1.95. The van der Waals surface area contributed by atoms with Gasteiger partial charge >= 0.3 is 0 Å². The van der Waals surface area contributed by atoms with E-state index in [0.29, 0.717) is 5.56 Å². The molecule has 21 heavy (non-hydrogen) atoms. The van der Waals surface area contributed by atoms with E-state index in [2.05, 4.69) is 23.5 Å². The number of fused-ring (bicyclic) bond motifs is 1. The highest BCUT2D eigenvalue weighted by molar-refractivity contribution is 5.53. The second-order valence-electron chi connectivity index (χ2n) is 5.52. The number of nitrogens with one attached hydrogen (secondary N) is 1. The van der Waals surface area contributed by atoms with E-state index in [1.165, 1.54) is 17.5 Å². The lowest BCUT2D eigenvalue weighted by molar-refractivity contribution is -0.385. The number of rotatable bonds is 4. The van der Waals surface area contributed by atoms with E-state index in [-0.39, 0.29) is 16.7 Å². The summed E-state index contributed by atoms with van der Waals surface area (Å²) >= 11 is 0. The van der Waals surface area contributed by atoms with Crippen LogP contribution in [0.1, 0.15) is 36.1 Å². The smallest absolute Gasteiger partial charge is 0.274 e. The zero-order valence-electron chi connectivity index (χ0n) is 12.0. The SMILES string of the molecule is CC(Nc1ccc2c(c1)CCC2)c1ccccc1[N+](=O)[O-]. The fourth-order valence-electron chi connectivity index (χ4n) is 3.01. The summed E-state index contributed by atoms with van der Waals surface area (Å²) in [7, 11) is 0. The molecule has 4 heteroatoms. The molecule has 0 fully saturated rings. The first kappa shape index (κ1) is 13.6. The number of para-hydroxylation sites is 1. The van der Waals surface area contributed by atoms with Crippen LogP contribution >= 0.6 is 0 Å². The Morgan fingerprint density at radius 2 is 1.90 bits per heavy atom. The monoisotopic (exact) mass is 282 g/mol. The fraction of sp³-hybridized carbons (Fsp3) is 0.294. The number of benzene rings is 2. The minimum Gasteiger partial charge on any atom is -0.378 e. The van der Waals surface area contributed by atoms with Crippen LogP contribution in [0.2, 0.25) is 0 Å². The Hall–Kier alpha value is -2.36. The second kappa shape index (κ2) is 5.56. The maximum absolute atomic E-state index is 11.1. The third-order valence-corrected chi connectivity index (χ3v) is 4.08. The van der Waals surface area contributed by atoms with E-state index in [4.69, 9.17) is 0 Å². The number of hydrogen-bond donors (Lipinski definition) is 1. The standard InChI is InChI=1S/C17H18N2O2/c1-12(16-7-2-3-8-17(16)19(20)21)18-15-10-9-13-5-4-6-14(13)11-15/h2-3,7-12,18H,4-6H2,1H3. The molecule has 2 aromatic carbocycles. The predicted octanol–water partition coefficient (Wildman–Crippen LogP) is 4.26. The predicted molar refractivity (Wildman–Crippen MR) is 83.6 cm³/mol. The Morgan fingerprint density at radius 3 is 2.71 bits per heavy atom. The fourth-order valence-corrected chi connectivity index (χ4v) is 3.01. The van der Waals surface area contributed by atoms with Crippen LogP contribution in [0, 0.1) is 10.1 Å². The first-order valence-corrected chi connectivity index (χ1v) is 7.27. The van der Waals surface area contributed by atoms with Crippen LogP contribution in [0.4, 0.5) is 11.4 Å². The molecule has 3 rings (SSSR count). The van der Waals surface area contributed by atoms with Crippen molar-refractivity contribution < 1.29 is 4.92 Å². The molecule has 0 amide bonds. The molecule has 0 spiro atoms. The molecule has 0 heterocycles. The Bertz CT molecular complexity index is 682. The van der Waals surface area contributed by atoms with Crippen molar-refractivity contribution in [2.45, 2.75) is 32.2 Å². The molecule has 1 aliphatic rings.